The predicted molar refractivity (Wildman–Crippen MR) is 160 cm³/mol. The van der Waals surface area contributed by atoms with Crippen molar-refractivity contribution in [3.63, 3.8) is 0 Å². The van der Waals surface area contributed by atoms with E-state index in [1.54, 1.807) is 48.0 Å². The van der Waals surface area contributed by atoms with Crippen LogP contribution in [-0.2, 0) is 4.79 Å². The number of carboxylic acid groups (broad SMARTS) is 1. The van der Waals surface area contributed by atoms with Gasteiger partial charge in [0.25, 0.3) is 0 Å². The molecule has 220 valence electrons. The normalized spacial score (nSPS) is 11.5. The minimum absolute atomic E-state index is 0. The van der Waals surface area contributed by atoms with Crippen LogP contribution in [0.4, 0.5) is 17.1 Å². The van der Waals surface area contributed by atoms with Gasteiger partial charge < -0.3 is 30.0 Å². The second kappa shape index (κ2) is 15.8. The number of ether oxygens (including phenoxy) is 2. The number of aromatic nitrogens is 8. The van der Waals surface area contributed by atoms with Gasteiger partial charge in [0, 0.05) is 29.6 Å². The Morgan fingerprint density at radius 2 is 1.64 bits per heavy atom. The van der Waals surface area contributed by atoms with Crippen LogP contribution in [0.3, 0.4) is 0 Å². The summed E-state index contributed by atoms with van der Waals surface area (Å²) < 4.78 is 15.4. The van der Waals surface area contributed by atoms with Crippen molar-refractivity contribution in [2.45, 2.75) is 19.4 Å². The fourth-order valence-corrected chi connectivity index (χ4v) is 4.26. The van der Waals surface area contributed by atoms with Crippen LogP contribution in [0.1, 0.15) is 13.3 Å². The molecule has 5 aromatic rings. The van der Waals surface area contributed by atoms with Crippen molar-refractivity contribution in [2.75, 3.05) is 17.4 Å². The summed E-state index contributed by atoms with van der Waals surface area (Å²) >= 11 is 10.3. The van der Waals surface area contributed by atoms with Crippen LogP contribution < -0.4 is 76.6 Å². The van der Waals surface area contributed by atoms with Gasteiger partial charge in [-0.1, -0.05) is 39.7 Å². The number of aromatic amines is 2. The summed E-state index contributed by atoms with van der Waals surface area (Å²) in [6.45, 7) is 1.83. The zero-order valence-corrected chi connectivity index (χ0v) is 28.3. The summed E-state index contributed by atoms with van der Waals surface area (Å²) in [4.78, 5) is 15.9. The van der Waals surface area contributed by atoms with Gasteiger partial charge in [-0.3, -0.25) is 0 Å². The number of rotatable bonds is 13. The molecule has 4 N–H and O–H groups in total. The monoisotopic (exact) mass is 657 g/mol. The summed E-state index contributed by atoms with van der Waals surface area (Å²) in [7, 11) is 0. The molecule has 15 nitrogen and oxygen atoms in total. The van der Waals surface area contributed by atoms with Crippen LogP contribution in [0.2, 0.25) is 0 Å². The number of carbonyl (C=O) groups is 1. The van der Waals surface area contributed by atoms with Gasteiger partial charge in [-0.05, 0) is 67.3 Å². The van der Waals surface area contributed by atoms with Gasteiger partial charge in [-0.15, -0.1) is 0 Å². The minimum Gasteiger partial charge on any atom is -0.548 e. The van der Waals surface area contributed by atoms with E-state index in [4.69, 9.17) is 33.9 Å². The molecule has 0 aliphatic rings. The van der Waals surface area contributed by atoms with Crippen molar-refractivity contribution < 1.29 is 70.8 Å². The van der Waals surface area contributed by atoms with Gasteiger partial charge in [0.15, 0.2) is 13.1 Å². The molecule has 0 aliphatic heterocycles. The summed E-state index contributed by atoms with van der Waals surface area (Å²) in [6.07, 6.45) is 1.58. The van der Waals surface area contributed by atoms with Crippen molar-refractivity contribution >= 4 is 53.9 Å². The third kappa shape index (κ3) is 8.65. The van der Waals surface area contributed by atoms with Crippen LogP contribution in [0, 0.1) is 9.54 Å². The first-order valence-corrected chi connectivity index (χ1v) is 13.6. The van der Waals surface area contributed by atoms with Crippen molar-refractivity contribution in [1.29, 1.82) is 0 Å². The number of aliphatic imine (C=N–C) groups is 1. The quantitative estimate of drug-likeness (QED) is 0.0440. The first-order chi connectivity index (χ1) is 20.9. The molecule has 5 rings (SSSR count). The molecule has 2 aromatic heterocycles. The fourth-order valence-electron chi connectivity index (χ4n) is 3.88. The minimum atomic E-state index is -1.22. The van der Waals surface area contributed by atoms with Crippen molar-refractivity contribution in [1.82, 2.24) is 40.4 Å². The van der Waals surface area contributed by atoms with Crippen LogP contribution in [-0.4, -0.2) is 65.6 Å². The molecule has 0 aliphatic carbocycles. The molecule has 2 heterocycles. The molecule has 3 aromatic carbocycles. The smallest absolute Gasteiger partial charge is 0.548 e. The molecule has 0 radical (unpaired) electrons. The second-order valence-electron chi connectivity index (χ2n) is 8.84. The van der Waals surface area contributed by atoms with Gasteiger partial charge in [0.1, 0.15) is 11.5 Å². The number of anilines is 2. The Bertz CT molecular complexity index is 1870. The zero-order valence-electron chi connectivity index (χ0n) is 23.5. The first kappa shape index (κ1) is 33.1. The molecule has 1 atom stereocenters. The SMILES string of the molecule is CCC(Nc1cc(OC=Nc2cccc(-n3[nH]nnc3=S)c2)cc(OCNc2cccc(-n3[nH]nnc3=S)c2)c1)C(=O)[O-].[K+]. The number of H-pyrrole nitrogens is 2. The third-order valence-electron chi connectivity index (χ3n) is 5.95. The van der Waals surface area contributed by atoms with Gasteiger partial charge in [-0.2, -0.15) is 10.4 Å². The summed E-state index contributed by atoms with van der Waals surface area (Å²) in [5.41, 5.74) is 3.24. The number of carbonyl (C=O) groups excluding carboxylic acids is 1. The number of nitrogens with one attached hydrogen (secondary N) is 4. The van der Waals surface area contributed by atoms with E-state index in [0.717, 1.165) is 11.4 Å². The molecular weight excluding hydrogens is 634 g/mol. The van der Waals surface area contributed by atoms with Crippen LogP contribution in [0.25, 0.3) is 11.4 Å². The molecular formula is C26H24KN11O4S2. The Balaban J connectivity index is 0.00000442. The maximum atomic E-state index is 11.5. The maximum absolute atomic E-state index is 11.5. The van der Waals surface area contributed by atoms with E-state index < -0.39 is 12.0 Å². The predicted octanol–water partition coefficient (Wildman–Crippen LogP) is 0.0948. The van der Waals surface area contributed by atoms with E-state index in [9.17, 15) is 9.90 Å². The van der Waals surface area contributed by atoms with Crippen LogP contribution in [0.15, 0.2) is 71.7 Å². The first-order valence-electron chi connectivity index (χ1n) is 12.8. The topological polar surface area (TPSA) is 188 Å². The van der Waals surface area contributed by atoms with Crippen LogP contribution in [0.5, 0.6) is 11.5 Å². The average molecular weight is 658 g/mol. The van der Waals surface area contributed by atoms with E-state index in [-0.39, 0.29) is 62.9 Å². The van der Waals surface area contributed by atoms with Crippen molar-refractivity contribution in [3.8, 4) is 22.9 Å². The van der Waals surface area contributed by atoms with Gasteiger partial charge in [-0.25, -0.2) is 14.4 Å². The number of aliphatic carboxylic acids is 1. The number of hydrogen-bond donors (Lipinski definition) is 4. The van der Waals surface area contributed by atoms with E-state index in [2.05, 4.69) is 46.7 Å². The number of nitrogens with zero attached hydrogens (tertiary/aromatic N) is 7. The Hall–Kier alpha value is -3.78. The van der Waals surface area contributed by atoms with Crippen LogP contribution >= 0.6 is 24.4 Å². The molecule has 1 unspecified atom stereocenters. The van der Waals surface area contributed by atoms with E-state index in [1.165, 1.54) is 11.1 Å². The van der Waals surface area contributed by atoms with Gasteiger partial charge >= 0.3 is 51.4 Å². The van der Waals surface area contributed by atoms with E-state index in [0.29, 0.717) is 39.8 Å². The van der Waals surface area contributed by atoms with Gasteiger partial charge in [0.2, 0.25) is 9.54 Å². The second-order valence-corrected chi connectivity index (χ2v) is 9.57. The maximum Gasteiger partial charge on any atom is 1.00 e. The molecule has 44 heavy (non-hydrogen) atoms. The molecule has 0 amide bonds. The van der Waals surface area contributed by atoms with E-state index >= 15 is 0 Å². The van der Waals surface area contributed by atoms with Crippen molar-refractivity contribution in [2.24, 2.45) is 4.99 Å². The largest absolute Gasteiger partial charge is 1.00 e. The van der Waals surface area contributed by atoms with E-state index in [1.807, 2.05) is 30.3 Å². The van der Waals surface area contributed by atoms with Gasteiger partial charge in [0.05, 0.1) is 29.1 Å². The van der Waals surface area contributed by atoms with Crippen molar-refractivity contribution in [3.05, 3.63) is 76.3 Å². The molecule has 0 fully saturated rings. The molecule has 0 spiro atoms. The molecule has 0 bridgehead atoms. The Kier molecular flexibility index (Phi) is 11.9. The Morgan fingerprint density at radius 1 is 0.977 bits per heavy atom. The number of carboxylic acids is 1. The summed E-state index contributed by atoms with van der Waals surface area (Å²) in [5, 5.41) is 38.0. The zero-order chi connectivity index (χ0) is 30.2. The molecule has 0 saturated heterocycles. The standard InChI is InChI=1S/C26H25N11O4S2.K/c1-2-23(24(38)39)29-18-11-21(40-14-27-16-5-3-7-19(9-16)36-25(42)30-32-34-36)13-22(12-18)41-15-28-17-6-4-8-20(10-17)37-26(43)31-33-35-37;/h3-14,23,28-29H,2,15H2,1H3,(H,38,39)(H,30,34,42)(H,31,35,43);/q;+1/p-1. The average Bonchev–Trinajstić information content (AvgIpc) is 3.64. The number of hydrogen-bond acceptors (Lipinski definition) is 13. The fraction of sp³-hybridized carbons (Fsp3) is 0.154. The molecule has 0 saturated carbocycles. The Labute approximate surface area is 303 Å². The molecule has 18 heteroatoms. The Morgan fingerprint density at radius 3 is 2.27 bits per heavy atom. The summed E-state index contributed by atoms with van der Waals surface area (Å²) in [6, 6.07) is 18.6. The summed E-state index contributed by atoms with van der Waals surface area (Å²) in [5.74, 6) is -0.455. The number of tetrazole rings is 2. The number of benzene rings is 3. The third-order valence-corrected chi connectivity index (χ3v) is 6.48.